The molecule has 1 aromatic carbocycles. The van der Waals surface area contributed by atoms with Crippen molar-refractivity contribution in [3.8, 4) is 0 Å². The van der Waals surface area contributed by atoms with Crippen molar-refractivity contribution in [1.82, 2.24) is 20.9 Å². The van der Waals surface area contributed by atoms with Crippen LogP contribution in [-0.4, -0.2) is 57.3 Å². The lowest BCUT2D eigenvalue weighted by Crippen LogP contribution is -2.36. The molecule has 1 fully saturated rings. The van der Waals surface area contributed by atoms with E-state index in [4.69, 9.17) is 0 Å². The third-order valence-corrected chi connectivity index (χ3v) is 3.87. The molecule has 4 nitrogen and oxygen atoms in total. The molecule has 0 aromatic heterocycles. The normalized spacial score (nSPS) is 20.8. The molecule has 2 rings (SSSR count). The number of hydrogen-bond acceptors (Lipinski definition) is 4. The molecule has 0 spiro atoms. The lowest BCUT2D eigenvalue weighted by atomic mass is 10.2. The topological polar surface area (TPSA) is 39.3 Å². The minimum absolute atomic E-state index is 1.06. The summed E-state index contributed by atoms with van der Waals surface area (Å²) < 4.78 is 0. The van der Waals surface area contributed by atoms with E-state index in [1.54, 1.807) is 0 Å². The van der Waals surface area contributed by atoms with Gasteiger partial charge in [-0.25, -0.2) is 0 Å². The molecule has 1 aliphatic rings. The van der Waals surface area contributed by atoms with E-state index in [0.717, 1.165) is 58.9 Å². The Morgan fingerprint density at radius 1 is 0.714 bits per heavy atom. The molecule has 0 unspecified atom stereocenters. The van der Waals surface area contributed by atoms with Crippen molar-refractivity contribution in [2.75, 3.05) is 52.4 Å². The van der Waals surface area contributed by atoms with Gasteiger partial charge in [-0.1, -0.05) is 30.3 Å². The Hall–Kier alpha value is -0.940. The molecule has 0 aliphatic carbocycles. The van der Waals surface area contributed by atoms with Crippen molar-refractivity contribution in [2.45, 2.75) is 19.4 Å². The fourth-order valence-electron chi connectivity index (χ4n) is 2.67. The van der Waals surface area contributed by atoms with Crippen LogP contribution in [0.15, 0.2) is 30.3 Å². The fraction of sp³-hybridized carbons (Fsp3) is 0.647. The van der Waals surface area contributed by atoms with Crippen molar-refractivity contribution < 1.29 is 0 Å². The van der Waals surface area contributed by atoms with Crippen LogP contribution >= 0.6 is 0 Å². The molecule has 0 saturated carbocycles. The Morgan fingerprint density at radius 2 is 1.38 bits per heavy atom. The Balaban J connectivity index is 1.78. The SMILES string of the molecule is c1ccc(CN2CCCNCCNCCCNCC2)cc1. The van der Waals surface area contributed by atoms with Crippen LogP contribution in [-0.2, 0) is 6.54 Å². The van der Waals surface area contributed by atoms with Crippen molar-refractivity contribution in [2.24, 2.45) is 0 Å². The van der Waals surface area contributed by atoms with Gasteiger partial charge >= 0.3 is 0 Å². The Labute approximate surface area is 129 Å². The molecule has 0 bridgehead atoms. The van der Waals surface area contributed by atoms with Crippen LogP contribution in [0.2, 0.25) is 0 Å². The highest BCUT2D eigenvalue weighted by molar-refractivity contribution is 5.14. The molecule has 4 heteroatoms. The zero-order valence-electron chi connectivity index (χ0n) is 13.1. The fourth-order valence-corrected chi connectivity index (χ4v) is 2.67. The van der Waals surface area contributed by atoms with Crippen molar-refractivity contribution in [3.63, 3.8) is 0 Å². The summed E-state index contributed by atoms with van der Waals surface area (Å²) in [5, 5.41) is 10.5. The first-order chi connectivity index (χ1) is 10.4. The van der Waals surface area contributed by atoms with E-state index < -0.39 is 0 Å². The van der Waals surface area contributed by atoms with Crippen LogP contribution in [0.5, 0.6) is 0 Å². The van der Waals surface area contributed by atoms with E-state index in [9.17, 15) is 0 Å². The molecule has 1 heterocycles. The zero-order chi connectivity index (χ0) is 14.6. The monoisotopic (exact) mass is 290 g/mol. The van der Waals surface area contributed by atoms with Crippen molar-refractivity contribution in [3.05, 3.63) is 35.9 Å². The van der Waals surface area contributed by atoms with Crippen LogP contribution in [0.25, 0.3) is 0 Å². The summed E-state index contributed by atoms with van der Waals surface area (Å²) in [5.41, 5.74) is 1.41. The standard InChI is InChI=1S/C17H30N4/c1-2-6-17(7-3-1)16-21-14-5-10-19-12-11-18-8-4-9-20-13-15-21/h1-3,6-7,18-20H,4-5,8-16H2. The van der Waals surface area contributed by atoms with Gasteiger partial charge in [-0.05, 0) is 44.6 Å². The lowest BCUT2D eigenvalue weighted by Gasteiger charge is -2.23. The molecule has 1 saturated heterocycles. The molecule has 1 aromatic rings. The molecule has 1 aliphatic heterocycles. The predicted molar refractivity (Wildman–Crippen MR) is 89.6 cm³/mol. The molecular weight excluding hydrogens is 260 g/mol. The molecule has 0 radical (unpaired) electrons. The zero-order valence-corrected chi connectivity index (χ0v) is 13.1. The maximum absolute atomic E-state index is 3.56. The summed E-state index contributed by atoms with van der Waals surface area (Å²) >= 11 is 0. The summed E-state index contributed by atoms with van der Waals surface area (Å²) in [6, 6.07) is 10.8. The van der Waals surface area contributed by atoms with E-state index in [2.05, 4.69) is 51.2 Å². The van der Waals surface area contributed by atoms with E-state index in [-0.39, 0.29) is 0 Å². The van der Waals surface area contributed by atoms with Crippen LogP contribution in [0.1, 0.15) is 18.4 Å². The number of nitrogens with one attached hydrogen (secondary N) is 3. The highest BCUT2D eigenvalue weighted by Gasteiger charge is 2.06. The summed E-state index contributed by atoms with van der Waals surface area (Å²) in [4.78, 5) is 2.56. The van der Waals surface area contributed by atoms with E-state index in [1.807, 2.05) is 0 Å². The van der Waals surface area contributed by atoms with E-state index >= 15 is 0 Å². The van der Waals surface area contributed by atoms with Gasteiger partial charge in [-0.2, -0.15) is 0 Å². The average molecular weight is 290 g/mol. The van der Waals surface area contributed by atoms with Gasteiger partial charge in [0.25, 0.3) is 0 Å². The predicted octanol–water partition coefficient (Wildman–Crippen LogP) is 1.05. The number of benzene rings is 1. The minimum Gasteiger partial charge on any atom is -0.315 e. The molecule has 118 valence electrons. The van der Waals surface area contributed by atoms with Gasteiger partial charge in [-0.15, -0.1) is 0 Å². The molecular formula is C17H30N4. The van der Waals surface area contributed by atoms with Crippen LogP contribution in [0.4, 0.5) is 0 Å². The third-order valence-electron chi connectivity index (χ3n) is 3.87. The third kappa shape index (κ3) is 7.58. The number of hydrogen-bond donors (Lipinski definition) is 3. The largest absolute Gasteiger partial charge is 0.315 e. The first kappa shape index (κ1) is 16.4. The number of rotatable bonds is 2. The maximum Gasteiger partial charge on any atom is 0.0234 e. The van der Waals surface area contributed by atoms with Gasteiger partial charge in [0.05, 0.1) is 0 Å². The van der Waals surface area contributed by atoms with Crippen LogP contribution in [0.3, 0.4) is 0 Å². The first-order valence-corrected chi connectivity index (χ1v) is 8.33. The highest BCUT2D eigenvalue weighted by Crippen LogP contribution is 2.04. The van der Waals surface area contributed by atoms with Gasteiger partial charge in [0.1, 0.15) is 0 Å². The Morgan fingerprint density at radius 3 is 2.14 bits per heavy atom. The second-order valence-electron chi connectivity index (χ2n) is 5.72. The minimum atomic E-state index is 1.06. The van der Waals surface area contributed by atoms with E-state index in [0.29, 0.717) is 0 Å². The summed E-state index contributed by atoms with van der Waals surface area (Å²) in [6.07, 6.45) is 2.42. The second kappa shape index (κ2) is 10.7. The van der Waals surface area contributed by atoms with Crippen molar-refractivity contribution in [1.29, 1.82) is 0 Å². The summed E-state index contributed by atoms with van der Waals surface area (Å²) in [5.74, 6) is 0. The lowest BCUT2D eigenvalue weighted by molar-refractivity contribution is 0.260. The van der Waals surface area contributed by atoms with Gasteiger partial charge in [0, 0.05) is 32.7 Å². The first-order valence-electron chi connectivity index (χ1n) is 8.33. The molecule has 0 atom stereocenters. The molecule has 0 amide bonds. The van der Waals surface area contributed by atoms with E-state index in [1.165, 1.54) is 18.4 Å². The van der Waals surface area contributed by atoms with Gasteiger partial charge in [0.15, 0.2) is 0 Å². The van der Waals surface area contributed by atoms with Gasteiger partial charge in [-0.3, -0.25) is 4.90 Å². The summed E-state index contributed by atoms with van der Waals surface area (Å²) in [6.45, 7) is 9.92. The highest BCUT2D eigenvalue weighted by atomic mass is 15.1. The smallest absolute Gasteiger partial charge is 0.0234 e. The average Bonchev–Trinajstić information content (AvgIpc) is 2.52. The van der Waals surface area contributed by atoms with Crippen molar-refractivity contribution >= 4 is 0 Å². The Bertz CT molecular complexity index is 341. The maximum atomic E-state index is 3.56. The Kier molecular flexibility index (Phi) is 8.40. The second-order valence-corrected chi connectivity index (χ2v) is 5.72. The van der Waals surface area contributed by atoms with Crippen LogP contribution in [0, 0.1) is 0 Å². The quantitative estimate of drug-likeness (QED) is 0.761. The molecule has 21 heavy (non-hydrogen) atoms. The van der Waals surface area contributed by atoms with Gasteiger partial charge < -0.3 is 16.0 Å². The molecule has 3 N–H and O–H groups in total. The summed E-state index contributed by atoms with van der Waals surface area (Å²) in [7, 11) is 0. The van der Waals surface area contributed by atoms with Gasteiger partial charge in [0.2, 0.25) is 0 Å². The number of nitrogens with zero attached hydrogens (tertiary/aromatic N) is 1. The van der Waals surface area contributed by atoms with Crippen LogP contribution < -0.4 is 16.0 Å².